The van der Waals surface area contributed by atoms with Crippen LogP contribution >= 0.6 is 11.3 Å². The lowest BCUT2D eigenvalue weighted by atomic mass is 10.1. The molecule has 2 aromatic rings. The maximum atomic E-state index is 12.8. The molecule has 2 N–H and O–H groups in total. The Hall–Kier alpha value is -1.91. The number of nitrogens with zero attached hydrogens (tertiary/aromatic N) is 2. The minimum atomic E-state index is -4.63. The van der Waals surface area contributed by atoms with Crippen LogP contribution in [0.1, 0.15) is 27.4 Å². The molecule has 1 amide bonds. The maximum Gasteiger partial charge on any atom is 0.452 e. The maximum absolute atomic E-state index is 12.8. The molecule has 1 aliphatic heterocycles. The lowest BCUT2D eigenvalue weighted by Crippen LogP contribution is -2.48. The van der Waals surface area contributed by atoms with Gasteiger partial charge in [-0.15, -0.1) is 11.3 Å². The molecule has 1 fully saturated rings. The number of hydrogen-bond donors (Lipinski definition) is 2. The van der Waals surface area contributed by atoms with Crippen LogP contribution in [-0.2, 0) is 6.18 Å². The summed E-state index contributed by atoms with van der Waals surface area (Å²) >= 11 is 1.00. The Balaban J connectivity index is 1.81. The number of piperidine rings is 1. The van der Waals surface area contributed by atoms with E-state index in [4.69, 9.17) is 0 Å². The van der Waals surface area contributed by atoms with Crippen molar-refractivity contribution in [2.24, 2.45) is 0 Å². The summed E-state index contributed by atoms with van der Waals surface area (Å²) in [4.78, 5) is 14.6. The van der Waals surface area contributed by atoms with E-state index in [-0.39, 0.29) is 30.1 Å². The van der Waals surface area contributed by atoms with Crippen LogP contribution in [0.15, 0.2) is 16.7 Å². The summed E-state index contributed by atoms with van der Waals surface area (Å²) < 4.78 is 42.8. The molecule has 136 valence electrons. The van der Waals surface area contributed by atoms with Gasteiger partial charge in [0.15, 0.2) is 0 Å². The minimum Gasteiger partial charge on any atom is -0.390 e. The van der Waals surface area contributed by atoms with Gasteiger partial charge in [0, 0.05) is 18.7 Å². The summed E-state index contributed by atoms with van der Waals surface area (Å²) in [6.07, 6.45) is -6.23. The molecule has 1 aliphatic rings. The predicted octanol–water partition coefficient (Wildman–Crippen LogP) is 2.30. The Morgan fingerprint density at radius 3 is 2.68 bits per heavy atom. The van der Waals surface area contributed by atoms with Crippen molar-refractivity contribution in [1.82, 2.24) is 10.1 Å². The molecule has 1 unspecified atom stereocenters. The Kier molecular flexibility index (Phi) is 4.60. The Bertz CT molecular complexity index is 786. The average Bonchev–Trinajstić information content (AvgIpc) is 3.15. The van der Waals surface area contributed by atoms with Crippen LogP contribution in [0.2, 0.25) is 0 Å². The van der Waals surface area contributed by atoms with Crippen LogP contribution in [0, 0.1) is 6.92 Å². The zero-order chi connectivity index (χ0) is 18.4. The van der Waals surface area contributed by atoms with Gasteiger partial charge in [0.25, 0.3) is 5.91 Å². The van der Waals surface area contributed by atoms with Crippen LogP contribution in [0.25, 0.3) is 10.6 Å². The molecule has 6 nitrogen and oxygen atoms in total. The fourth-order valence-corrected chi connectivity index (χ4v) is 3.68. The van der Waals surface area contributed by atoms with E-state index in [1.807, 2.05) is 0 Å². The van der Waals surface area contributed by atoms with Gasteiger partial charge in [0.1, 0.15) is 5.69 Å². The van der Waals surface area contributed by atoms with Gasteiger partial charge in [-0.25, -0.2) is 0 Å². The first-order valence-electron chi connectivity index (χ1n) is 7.47. The number of β-amino-alcohol motifs (C(OH)–C–C–N with tert-alkyl or cyclic N) is 1. The molecule has 2 atom stereocenters. The zero-order valence-electron chi connectivity index (χ0n) is 13.1. The largest absolute Gasteiger partial charge is 0.452 e. The number of amides is 1. The number of thiophene rings is 1. The van der Waals surface area contributed by atoms with Crippen molar-refractivity contribution in [3.8, 4) is 10.6 Å². The number of aromatic nitrogens is 1. The molecule has 0 saturated carbocycles. The number of alkyl halides is 3. The highest BCUT2D eigenvalue weighted by molar-refractivity contribution is 7.17. The van der Waals surface area contributed by atoms with Crippen molar-refractivity contribution in [3.05, 3.63) is 28.3 Å². The number of carbonyl (C=O) groups is 1. The second kappa shape index (κ2) is 6.43. The van der Waals surface area contributed by atoms with E-state index in [2.05, 4.69) is 9.68 Å². The van der Waals surface area contributed by atoms with Crippen LogP contribution < -0.4 is 0 Å². The molecular weight excluding hydrogens is 361 g/mol. The van der Waals surface area contributed by atoms with E-state index in [1.54, 1.807) is 0 Å². The smallest absolute Gasteiger partial charge is 0.390 e. The first-order valence-corrected chi connectivity index (χ1v) is 8.29. The van der Waals surface area contributed by atoms with Crippen molar-refractivity contribution < 1.29 is 32.7 Å². The van der Waals surface area contributed by atoms with E-state index < -0.39 is 24.1 Å². The summed E-state index contributed by atoms with van der Waals surface area (Å²) in [5, 5.41) is 22.7. The summed E-state index contributed by atoms with van der Waals surface area (Å²) in [5.74, 6) is -1.50. The van der Waals surface area contributed by atoms with Crippen molar-refractivity contribution in [3.63, 3.8) is 0 Å². The zero-order valence-corrected chi connectivity index (χ0v) is 13.9. The number of rotatable bonds is 2. The fourth-order valence-electron chi connectivity index (χ4n) is 2.67. The van der Waals surface area contributed by atoms with Gasteiger partial charge in [0.2, 0.25) is 5.76 Å². The molecule has 0 aliphatic carbocycles. The first-order chi connectivity index (χ1) is 11.7. The van der Waals surface area contributed by atoms with Gasteiger partial charge in [-0.2, -0.15) is 13.2 Å². The molecule has 0 radical (unpaired) electrons. The number of halogens is 3. The fraction of sp³-hybridized carbons (Fsp3) is 0.467. The highest BCUT2D eigenvalue weighted by Crippen LogP contribution is 2.38. The lowest BCUT2D eigenvalue weighted by Gasteiger charge is -2.33. The number of carbonyl (C=O) groups excluding carboxylic acids is 1. The van der Waals surface area contributed by atoms with Crippen molar-refractivity contribution in [2.45, 2.75) is 31.7 Å². The SMILES string of the molecule is Cc1c(-c2ccc(C(=O)N3CC[C@@H](O)C(O)C3)s2)noc1C(F)(F)F. The van der Waals surface area contributed by atoms with Gasteiger partial charge >= 0.3 is 6.18 Å². The van der Waals surface area contributed by atoms with Crippen LogP contribution in [0.4, 0.5) is 13.2 Å². The molecule has 25 heavy (non-hydrogen) atoms. The topological polar surface area (TPSA) is 86.8 Å². The molecule has 3 rings (SSSR count). The Labute approximate surface area is 144 Å². The standard InChI is InChI=1S/C15H15F3N2O4S/c1-7-12(19-24-13(7)15(16,17)18)10-2-3-11(25-10)14(23)20-5-4-8(21)9(22)6-20/h2-3,8-9,21-22H,4-6H2,1H3/t8-,9?/m1/s1. The molecule has 0 spiro atoms. The van der Waals surface area contributed by atoms with Crippen LogP contribution in [0.5, 0.6) is 0 Å². The van der Waals surface area contributed by atoms with E-state index in [0.29, 0.717) is 16.3 Å². The Morgan fingerprint density at radius 2 is 2.08 bits per heavy atom. The average molecular weight is 376 g/mol. The molecule has 10 heteroatoms. The van der Waals surface area contributed by atoms with E-state index >= 15 is 0 Å². The summed E-state index contributed by atoms with van der Waals surface area (Å²) in [5.41, 5.74) is -0.0876. The molecular formula is C15H15F3N2O4S. The first kappa shape index (κ1) is 17.9. The summed E-state index contributed by atoms with van der Waals surface area (Å²) in [6, 6.07) is 3.01. The van der Waals surface area contributed by atoms with E-state index in [9.17, 15) is 28.2 Å². The second-order valence-corrected chi connectivity index (χ2v) is 6.91. The number of likely N-dealkylation sites (tertiary alicyclic amines) is 1. The number of aliphatic hydroxyl groups excluding tert-OH is 2. The van der Waals surface area contributed by atoms with Crippen LogP contribution in [-0.4, -0.2) is 51.5 Å². The normalized spacial score (nSPS) is 21.6. The van der Waals surface area contributed by atoms with Gasteiger partial charge in [-0.1, -0.05) is 5.16 Å². The summed E-state index contributed by atoms with van der Waals surface area (Å²) in [6.45, 7) is 1.57. The monoisotopic (exact) mass is 376 g/mol. The number of aliphatic hydroxyl groups is 2. The van der Waals surface area contributed by atoms with Crippen LogP contribution in [0.3, 0.4) is 0 Å². The van der Waals surface area contributed by atoms with Gasteiger partial charge in [-0.05, 0) is 25.5 Å². The second-order valence-electron chi connectivity index (χ2n) is 5.82. The lowest BCUT2D eigenvalue weighted by molar-refractivity contribution is -0.156. The highest BCUT2D eigenvalue weighted by Gasteiger charge is 2.39. The van der Waals surface area contributed by atoms with E-state index in [1.165, 1.54) is 24.0 Å². The third kappa shape index (κ3) is 3.42. The van der Waals surface area contributed by atoms with Crippen molar-refractivity contribution in [2.75, 3.05) is 13.1 Å². The molecule has 1 saturated heterocycles. The third-order valence-corrected chi connectivity index (χ3v) is 5.15. The molecule has 2 aromatic heterocycles. The van der Waals surface area contributed by atoms with Gasteiger partial charge < -0.3 is 19.6 Å². The van der Waals surface area contributed by atoms with Gasteiger partial charge in [-0.3, -0.25) is 4.79 Å². The Morgan fingerprint density at radius 1 is 1.36 bits per heavy atom. The van der Waals surface area contributed by atoms with Gasteiger partial charge in [0.05, 0.1) is 22.0 Å². The highest BCUT2D eigenvalue weighted by atomic mass is 32.1. The minimum absolute atomic E-state index is 0.00838. The molecule has 0 aromatic carbocycles. The number of hydrogen-bond acceptors (Lipinski definition) is 6. The third-order valence-electron chi connectivity index (χ3n) is 4.07. The quantitative estimate of drug-likeness (QED) is 0.840. The van der Waals surface area contributed by atoms with Crippen molar-refractivity contribution >= 4 is 17.2 Å². The van der Waals surface area contributed by atoms with E-state index in [0.717, 1.165) is 11.3 Å². The molecule has 3 heterocycles. The predicted molar refractivity (Wildman–Crippen MR) is 82.1 cm³/mol. The molecule has 0 bridgehead atoms. The van der Waals surface area contributed by atoms with Crippen molar-refractivity contribution in [1.29, 1.82) is 0 Å². The summed E-state index contributed by atoms with van der Waals surface area (Å²) in [7, 11) is 0.